The number of carbonyl (C=O) groups is 1. The summed E-state index contributed by atoms with van der Waals surface area (Å²) in [5.41, 5.74) is 1.91. The second-order valence-corrected chi connectivity index (χ2v) is 6.21. The Kier molecular flexibility index (Phi) is 6.63. The molecule has 5 heteroatoms. The molecule has 3 aromatic carbocycles. The molecular formula is C23H22FNO3. The van der Waals surface area contributed by atoms with Crippen molar-refractivity contribution in [3.8, 4) is 11.5 Å². The molecule has 0 fully saturated rings. The van der Waals surface area contributed by atoms with Gasteiger partial charge in [-0.15, -0.1) is 0 Å². The molecule has 144 valence electrons. The Morgan fingerprint density at radius 2 is 1.57 bits per heavy atom. The first-order valence-electron chi connectivity index (χ1n) is 9.03. The van der Waals surface area contributed by atoms with Crippen molar-refractivity contribution in [2.75, 3.05) is 13.7 Å². The van der Waals surface area contributed by atoms with Crippen LogP contribution in [0.15, 0.2) is 78.9 Å². The van der Waals surface area contributed by atoms with E-state index in [0.717, 1.165) is 16.9 Å². The van der Waals surface area contributed by atoms with Crippen molar-refractivity contribution >= 4 is 5.91 Å². The van der Waals surface area contributed by atoms with Crippen LogP contribution in [0, 0.1) is 5.82 Å². The largest absolute Gasteiger partial charge is 0.497 e. The van der Waals surface area contributed by atoms with E-state index >= 15 is 0 Å². The van der Waals surface area contributed by atoms with Crippen LogP contribution in [0.25, 0.3) is 0 Å². The van der Waals surface area contributed by atoms with Crippen molar-refractivity contribution in [3.05, 3.63) is 95.8 Å². The summed E-state index contributed by atoms with van der Waals surface area (Å²) >= 11 is 0. The van der Waals surface area contributed by atoms with Gasteiger partial charge in [-0.2, -0.15) is 0 Å². The Balaban J connectivity index is 1.67. The maximum Gasteiger partial charge on any atom is 0.224 e. The summed E-state index contributed by atoms with van der Waals surface area (Å²) in [5, 5.41) is 3.03. The van der Waals surface area contributed by atoms with Crippen LogP contribution in [-0.2, 0) is 4.79 Å². The summed E-state index contributed by atoms with van der Waals surface area (Å²) in [7, 11) is 1.61. The van der Waals surface area contributed by atoms with Crippen LogP contribution in [-0.4, -0.2) is 19.6 Å². The van der Waals surface area contributed by atoms with E-state index in [1.54, 1.807) is 19.2 Å². The highest BCUT2D eigenvalue weighted by Gasteiger charge is 2.17. The molecule has 4 nitrogen and oxygen atoms in total. The van der Waals surface area contributed by atoms with Gasteiger partial charge in [-0.05, 0) is 35.4 Å². The molecule has 0 aliphatic heterocycles. The summed E-state index contributed by atoms with van der Waals surface area (Å²) in [5.74, 6) is 0.273. The monoisotopic (exact) mass is 379 g/mol. The van der Waals surface area contributed by atoms with E-state index in [-0.39, 0.29) is 30.7 Å². The molecular weight excluding hydrogens is 357 g/mol. The molecule has 3 rings (SSSR count). The number of halogens is 1. The van der Waals surface area contributed by atoms with Gasteiger partial charge in [0.1, 0.15) is 5.75 Å². The molecule has 1 N–H and O–H groups in total. The zero-order valence-corrected chi connectivity index (χ0v) is 15.6. The summed E-state index contributed by atoms with van der Waals surface area (Å²) in [4.78, 5) is 12.5. The number of nitrogens with one attached hydrogen (secondary N) is 1. The maximum absolute atomic E-state index is 13.6. The molecule has 0 radical (unpaired) electrons. The fourth-order valence-corrected chi connectivity index (χ4v) is 2.85. The Hall–Kier alpha value is -3.34. The SMILES string of the molecule is COc1ccc(C(NC(=O)CCOc2ccccc2F)c2ccccc2)cc1. The van der Waals surface area contributed by atoms with Crippen molar-refractivity contribution in [3.63, 3.8) is 0 Å². The molecule has 0 heterocycles. The molecule has 0 saturated carbocycles. The molecule has 1 unspecified atom stereocenters. The van der Waals surface area contributed by atoms with E-state index in [2.05, 4.69) is 5.32 Å². The minimum Gasteiger partial charge on any atom is -0.497 e. The molecule has 28 heavy (non-hydrogen) atoms. The first-order valence-corrected chi connectivity index (χ1v) is 9.03. The predicted octanol–water partition coefficient (Wildman–Crippen LogP) is 4.51. The van der Waals surface area contributed by atoms with E-state index in [4.69, 9.17) is 9.47 Å². The molecule has 3 aromatic rings. The molecule has 0 aliphatic rings. The highest BCUT2D eigenvalue weighted by molar-refractivity contribution is 5.77. The zero-order valence-electron chi connectivity index (χ0n) is 15.6. The van der Waals surface area contributed by atoms with Crippen LogP contribution >= 0.6 is 0 Å². The van der Waals surface area contributed by atoms with Crippen LogP contribution in [0.5, 0.6) is 11.5 Å². The van der Waals surface area contributed by atoms with Crippen molar-refractivity contribution < 1.29 is 18.7 Å². The van der Waals surface area contributed by atoms with Crippen LogP contribution in [0.2, 0.25) is 0 Å². The molecule has 0 saturated heterocycles. The van der Waals surface area contributed by atoms with Gasteiger partial charge in [0.2, 0.25) is 5.91 Å². The average Bonchev–Trinajstić information content (AvgIpc) is 2.74. The Morgan fingerprint density at radius 3 is 2.25 bits per heavy atom. The normalized spacial score (nSPS) is 11.5. The number of hydrogen-bond donors (Lipinski definition) is 1. The summed E-state index contributed by atoms with van der Waals surface area (Å²) < 4.78 is 24.2. The summed E-state index contributed by atoms with van der Waals surface area (Å²) in [6.45, 7) is 0.0941. The van der Waals surface area contributed by atoms with Gasteiger partial charge in [0.05, 0.1) is 26.2 Å². The average molecular weight is 379 g/mol. The number of benzene rings is 3. The van der Waals surface area contributed by atoms with Crippen LogP contribution in [0.3, 0.4) is 0 Å². The fourth-order valence-electron chi connectivity index (χ4n) is 2.85. The van der Waals surface area contributed by atoms with Crippen molar-refractivity contribution in [1.29, 1.82) is 0 Å². The third-order valence-corrected chi connectivity index (χ3v) is 4.31. The first kappa shape index (κ1) is 19.4. The van der Waals surface area contributed by atoms with Gasteiger partial charge in [0.15, 0.2) is 11.6 Å². The number of para-hydroxylation sites is 1. The lowest BCUT2D eigenvalue weighted by Crippen LogP contribution is -2.30. The number of ether oxygens (including phenoxy) is 2. The standard InChI is InChI=1S/C23H22FNO3/c1-27-19-13-11-18(12-14-19)23(17-7-3-2-4-8-17)25-22(26)15-16-28-21-10-6-5-9-20(21)24/h2-14,23H,15-16H2,1H3,(H,25,26). The van der Waals surface area contributed by atoms with E-state index < -0.39 is 5.82 Å². The van der Waals surface area contributed by atoms with Gasteiger partial charge in [-0.3, -0.25) is 4.79 Å². The molecule has 1 atom stereocenters. The van der Waals surface area contributed by atoms with Gasteiger partial charge >= 0.3 is 0 Å². The molecule has 0 spiro atoms. The van der Waals surface area contributed by atoms with E-state index in [0.29, 0.717) is 0 Å². The Bertz CT molecular complexity index is 897. The highest BCUT2D eigenvalue weighted by atomic mass is 19.1. The van der Waals surface area contributed by atoms with Crippen molar-refractivity contribution in [1.82, 2.24) is 5.32 Å². The van der Waals surface area contributed by atoms with Crippen molar-refractivity contribution in [2.24, 2.45) is 0 Å². The van der Waals surface area contributed by atoms with Gasteiger partial charge < -0.3 is 14.8 Å². The zero-order chi connectivity index (χ0) is 19.8. The minimum absolute atomic E-state index is 0.0941. The first-order chi connectivity index (χ1) is 13.7. The third kappa shape index (κ3) is 5.10. The minimum atomic E-state index is -0.441. The number of carbonyl (C=O) groups excluding carboxylic acids is 1. The Labute approximate surface area is 163 Å². The second-order valence-electron chi connectivity index (χ2n) is 6.21. The summed E-state index contributed by atoms with van der Waals surface area (Å²) in [6.07, 6.45) is 0.119. The molecule has 1 amide bonds. The van der Waals surface area contributed by atoms with Gasteiger partial charge in [-0.1, -0.05) is 54.6 Å². The maximum atomic E-state index is 13.6. The smallest absolute Gasteiger partial charge is 0.224 e. The van der Waals surface area contributed by atoms with Crippen LogP contribution in [0.4, 0.5) is 4.39 Å². The van der Waals surface area contributed by atoms with E-state index in [9.17, 15) is 9.18 Å². The van der Waals surface area contributed by atoms with Crippen molar-refractivity contribution in [2.45, 2.75) is 12.5 Å². The molecule has 0 aliphatic carbocycles. The molecule has 0 aromatic heterocycles. The quantitative estimate of drug-likeness (QED) is 0.626. The molecule has 0 bridgehead atoms. The van der Waals surface area contributed by atoms with Gasteiger partial charge in [0.25, 0.3) is 0 Å². The second kappa shape index (κ2) is 9.55. The van der Waals surface area contributed by atoms with Crippen LogP contribution < -0.4 is 14.8 Å². The van der Waals surface area contributed by atoms with E-state index in [1.165, 1.54) is 12.1 Å². The van der Waals surface area contributed by atoms with Gasteiger partial charge in [0, 0.05) is 0 Å². The third-order valence-electron chi connectivity index (χ3n) is 4.31. The number of amides is 1. The lowest BCUT2D eigenvalue weighted by Gasteiger charge is -2.20. The Morgan fingerprint density at radius 1 is 0.929 bits per heavy atom. The number of hydrogen-bond acceptors (Lipinski definition) is 3. The summed E-state index contributed by atoms with van der Waals surface area (Å²) in [6, 6.07) is 23.1. The fraction of sp³-hybridized carbons (Fsp3) is 0.174. The lowest BCUT2D eigenvalue weighted by molar-refractivity contribution is -0.122. The number of rotatable bonds is 8. The number of methoxy groups -OCH3 is 1. The van der Waals surface area contributed by atoms with Gasteiger partial charge in [-0.25, -0.2) is 4.39 Å². The lowest BCUT2D eigenvalue weighted by atomic mass is 9.98. The predicted molar refractivity (Wildman–Crippen MR) is 106 cm³/mol. The topological polar surface area (TPSA) is 47.6 Å². The van der Waals surface area contributed by atoms with E-state index in [1.807, 2.05) is 54.6 Å². The highest BCUT2D eigenvalue weighted by Crippen LogP contribution is 2.24. The van der Waals surface area contributed by atoms with Crippen LogP contribution in [0.1, 0.15) is 23.6 Å².